The second-order valence-electron chi connectivity index (χ2n) is 12.5. The molecule has 5 rings (SSSR count). The fourth-order valence-corrected chi connectivity index (χ4v) is 7.33. The minimum Gasteiger partial charge on any atom is -0.352 e. The fourth-order valence-electron chi connectivity index (χ4n) is 7.33. The summed E-state index contributed by atoms with van der Waals surface area (Å²) in [5.41, 5.74) is -0.976. The molecule has 41 heavy (non-hydrogen) atoms. The molecule has 2 aromatic carbocycles. The quantitative estimate of drug-likeness (QED) is 0.353. The normalized spacial score (nSPS) is 24.3. The number of likely N-dealkylation sites (tertiary alicyclic amines) is 1. The number of alkyl halides is 6. The standard InChI is InChI=1S/C32H36F6N2O/c1-21(2)18-30(28(41)39-20-22-15-24(31(33,34)35)17-25(16-22)32(36,37)38)10-8-26(19-30)40-13-11-29(12-14-40)9-7-23-5-3-4-6-27(23)29/h3-7,9,15-17,21,26H,8,10-14,18-20H2,1-2H3,(H,39,41). The molecule has 0 aromatic heterocycles. The highest BCUT2D eigenvalue weighted by Crippen LogP contribution is 2.49. The fraction of sp³-hybridized carbons (Fsp3) is 0.531. The molecule has 2 atom stereocenters. The van der Waals surface area contributed by atoms with Crippen LogP contribution in [0.1, 0.15) is 80.2 Å². The highest BCUT2D eigenvalue weighted by atomic mass is 19.4. The summed E-state index contributed by atoms with van der Waals surface area (Å²) in [5.74, 6) is -0.0876. The molecular weight excluding hydrogens is 542 g/mol. The minimum atomic E-state index is -4.93. The third kappa shape index (κ3) is 6.06. The Bertz CT molecular complexity index is 1270. The van der Waals surface area contributed by atoms with Gasteiger partial charge in [0.05, 0.1) is 16.5 Å². The molecule has 222 valence electrons. The number of nitrogens with one attached hydrogen (secondary N) is 1. The van der Waals surface area contributed by atoms with Crippen LogP contribution in [0.25, 0.3) is 6.08 Å². The maximum atomic E-state index is 13.6. The first kappa shape index (κ1) is 29.7. The molecule has 1 spiro atoms. The van der Waals surface area contributed by atoms with Crippen molar-refractivity contribution < 1.29 is 31.1 Å². The molecule has 2 aliphatic carbocycles. The van der Waals surface area contributed by atoms with Crippen molar-refractivity contribution in [3.63, 3.8) is 0 Å². The Labute approximate surface area is 237 Å². The van der Waals surface area contributed by atoms with Crippen molar-refractivity contribution in [3.8, 4) is 0 Å². The number of halogens is 6. The predicted molar refractivity (Wildman–Crippen MR) is 146 cm³/mol. The number of rotatable bonds is 6. The van der Waals surface area contributed by atoms with Crippen molar-refractivity contribution in [2.75, 3.05) is 13.1 Å². The zero-order valence-corrected chi connectivity index (χ0v) is 23.3. The van der Waals surface area contributed by atoms with E-state index in [2.05, 4.69) is 46.6 Å². The van der Waals surface area contributed by atoms with E-state index in [1.54, 1.807) is 0 Å². The van der Waals surface area contributed by atoms with E-state index < -0.39 is 35.4 Å². The van der Waals surface area contributed by atoms with E-state index in [0.29, 0.717) is 31.4 Å². The van der Waals surface area contributed by atoms with Crippen LogP contribution in [0.4, 0.5) is 26.3 Å². The van der Waals surface area contributed by atoms with Gasteiger partial charge in [0.25, 0.3) is 0 Å². The molecule has 0 radical (unpaired) electrons. The van der Waals surface area contributed by atoms with Gasteiger partial charge in [-0.3, -0.25) is 4.79 Å². The lowest BCUT2D eigenvalue weighted by molar-refractivity contribution is -0.143. The van der Waals surface area contributed by atoms with Crippen LogP contribution in [0.3, 0.4) is 0 Å². The van der Waals surface area contributed by atoms with Crippen LogP contribution in [0, 0.1) is 11.3 Å². The zero-order chi connectivity index (χ0) is 29.6. The molecule has 1 heterocycles. The summed E-state index contributed by atoms with van der Waals surface area (Å²) in [4.78, 5) is 16.1. The summed E-state index contributed by atoms with van der Waals surface area (Å²) < 4.78 is 79.9. The van der Waals surface area contributed by atoms with Gasteiger partial charge in [-0.2, -0.15) is 26.3 Å². The number of allylic oxidation sites excluding steroid dienone is 1. The first-order chi connectivity index (χ1) is 19.2. The summed E-state index contributed by atoms with van der Waals surface area (Å²) in [6.45, 7) is 5.48. The molecular formula is C32H36F6N2O. The predicted octanol–water partition coefficient (Wildman–Crippen LogP) is 7.99. The average Bonchev–Trinajstić information content (AvgIpc) is 3.49. The van der Waals surface area contributed by atoms with Gasteiger partial charge in [-0.05, 0) is 92.4 Å². The van der Waals surface area contributed by atoms with Crippen molar-refractivity contribution in [1.29, 1.82) is 0 Å². The van der Waals surface area contributed by atoms with Gasteiger partial charge in [-0.15, -0.1) is 0 Å². The van der Waals surface area contributed by atoms with Crippen LogP contribution < -0.4 is 5.32 Å². The van der Waals surface area contributed by atoms with Crippen molar-refractivity contribution in [1.82, 2.24) is 10.2 Å². The van der Waals surface area contributed by atoms with E-state index in [4.69, 9.17) is 0 Å². The molecule has 2 aromatic rings. The van der Waals surface area contributed by atoms with Crippen LogP contribution in [0.15, 0.2) is 48.5 Å². The maximum absolute atomic E-state index is 13.6. The summed E-state index contributed by atoms with van der Waals surface area (Å²) in [6.07, 6.45) is -0.605. The van der Waals surface area contributed by atoms with Crippen molar-refractivity contribution in [2.45, 2.75) is 82.7 Å². The molecule has 3 aliphatic rings. The van der Waals surface area contributed by atoms with Crippen LogP contribution in [0.5, 0.6) is 0 Å². The molecule has 2 fully saturated rings. The van der Waals surface area contributed by atoms with Gasteiger partial charge in [0.2, 0.25) is 5.91 Å². The summed E-state index contributed by atoms with van der Waals surface area (Å²) in [7, 11) is 0. The summed E-state index contributed by atoms with van der Waals surface area (Å²) >= 11 is 0. The molecule has 3 nitrogen and oxygen atoms in total. The number of carbonyl (C=O) groups is 1. The Balaban J connectivity index is 1.27. The number of amides is 1. The van der Waals surface area contributed by atoms with Gasteiger partial charge in [0, 0.05) is 18.0 Å². The second-order valence-corrected chi connectivity index (χ2v) is 12.5. The molecule has 1 saturated carbocycles. The Morgan fingerprint density at radius 1 is 0.976 bits per heavy atom. The number of hydrogen-bond acceptors (Lipinski definition) is 2. The Kier molecular flexibility index (Phi) is 7.81. The van der Waals surface area contributed by atoms with Gasteiger partial charge in [0.15, 0.2) is 0 Å². The highest BCUT2D eigenvalue weighted by Gasteiger charge is 2.48. The van der Waals surface area contributed by atoms with E-state index in [-0.39, 0.29) is 34.9 Å². The van der Waals surface area contributed by atoms with Crippen LogP contribution in [-0.2, 0) is 29.1 Å². The molecule has 2 unspecified atom stereocenters. The first-order valence-electron chi connectivity index (χ1n) is 14.3. The number of piperidine rings is 1. The second kappa shape index (κ2) is 10.8. The summed E-state index contributed by atoms with van der Waals surface area (Å²) in [6, 6.07) is 10.2. The Hall–Kier alpha value is -2.81. The molecule has 1 saturated heterocycles. The number of nitrogens with zero attached hydrogens (tertiary/aromatic N) is 1. The summed E-state index contributed by atoms with van der Waals surface area (Å²) in [5, 5.41) is 2.72. The highest BCUT2D eigenvalue weighted by molar-refractivity contribution is 5.83. The third-order valence-electron chi connectivity index (χ3n) is 9.25. The van der Waals surface area contributed by atoms with Gasteiger partial charge < -0.3 is 10.2 Å². The van der Waals surface area contributed by atoms with Gasteiger partial charge in [0.1, 0.15) is 0 Å². The van der Waals surface area contributed by atoms with Crippen LogP contribution >= 0.6 is 0 Å². The van der Waals surface area contributed by atoms with Crippen molar-refractivity contribution >= 4 is 12.0 Å². The van der Waals surface area contributed by atoms with Gasteiger partial charge >= 0.3 is 12.4 Å². The number of carbonyl (C=O) groups excluding carboxylic acids is 1. The SMILES string of the molecule is CC(C)CC1(C(=O)NCc2cc(C(F)(F)F)cc(C(F)(F)F)c2)CCC(N2CCC3(C=Cc4ccccc43)CC2)C1. The van der Waals surface area contributed by atoms with E-state index >= 15 is 0 Å². The topological polar surface area (TPSA) is 32.3 Å². The van der Waals surface area contributed by atoms with E-state index in [9.17, 15) is 31.1 Å². The average molecular weight is 579 g/mol. The molecule has 1 aliphatic heterocycles. The number of benzene rings is 2. The first-order valence-corrected chi connectivity index (χ1v) is 14.3. The molecule has 9 heteroatoms. The number of hydrogen-bond donors (Lipinski definition) is 1. The van der Waals surface area contributed by atoms with E-state index in [1.807, 2.05) is 13.8 Å². The van der Waals surface area contributed by atoms with Gasteiger partial charge in [-0.25, -0.2) is 0 Å². The largest absolute Gasteiger partial charge is 0.416 e. The van der Waals surface area contributed by atoms with Crippen LogP contribution in [-0.4, -0.2) is 29.9 Å². The lowest BCUT2D eigenvalue weighted by Gasteiger charge is -2.42. The van der Waals surface area contributed by atoms with Crippen molar-refractivity contribution in [2.24, 2.45) is 11.3 Å². The van der Waals surface area contributed by atoms with Crippen LogP contribution in [0.2, 0.25) is 0 Å². The van der Waals surface area contributed by atoms with Gasteiger partial charge in [-0.1, -0.05) is 50.3 Å². The lowest BCUT2D eigenvalue weighted by Crippen LogP contribution is -2.46. The zero-order valence-electron chi connectivity index (χ0n) is 23.3. The maximum Gasteiger partial charge on any atom is 0.416 e. The molecule has 0 bridgehead atoms. The monoisotopic (exact) mass is 578 g/mol. The smallest absolute Gasteiger partial charge is 0.352 e. The third-order valence-corrected chi connectivity index (χ3v) is 9.25. The Morgan fingerprint density at radius 3 is 2.22 bits per heavy atom. The number of fused-ring (bicyclic) bond motifs is 2. The molecule has 1 N–H and O–H groups in total. The van der Waals surface area contributed by atoms with E-state index in [1.165, 1.54) is 11.1 Å². The Morgan fingerprint density at radius 2 is 1.61 bits per heavy atom. The lowest BCUT2D eigenvalue weighted by atomic mass is 9.74. The minimum absolute atomic E-state index is 0.0539. The van der Waals surface area contributed by atoms with Crippen molar-refractivity contribution in [3.05, 3.63) is 76.4 Å². The van der Waals surface area contributed by atoms with E-state index in [0.717, 1.165) is 32.4 Å². The molecule has 1 amide bonds.